The fourth-order valence-corrected chi connectivity index (χ4v) is 9.59. The van der Waals surface area contributed by atoms with Crippen molar-refractivity contribution in [1.82, 2.24) is 19.9 Å². The van der Waals surface area contributed by atoms with E-state index in [2.05, 4.69) is 126 Å². The standard InChI is InChI=1S/C54H54N4O2/c1-29-33(5)51-49-41-23-15-13-19-37(41)17-9-11-21-39-25-48(60)40(26-47(39)59)22-12-10-18-38-20-14-16-24-42(38)50(53-34(6)30(2)44(56-53)27-43(29)55-51)54-36(8)32(4)46(58-54)28-45-31(3)35(7)52(49)57-45/h13-16,19-20,23-28,55,57H,9-12,17-18,21-22H2,1-8H3. The number of hydrogen-bond acceptors (Lipinski definition) is 4. The average molecular weight is 791 g/mol. The number of rotatable bonds is 0. The van der Waals surface area contributed by atoms with Crippen LogP contribution in [0.5, 0.6) is 0 Å². The number of benzene rings is 2. The van der Waals surface area contributed by atoms with Crippen molar-refractivity contribution < 1.29 is 9.59 Å². The Morgan fingerprint density at radius 1 is 0.467 bits per heavy atom. The van der Waals surface area contributed by atoms with Gasteiger partial charge in [0.05, 0.1) is 33.8 Å². The van der Waals surface area contributed by atoms with Crippen LogP contribution in [0.4, 0.5) is 0 Å². The summed E-state index contributed by atoms with van der Waals surface area (Å²) in [4.78, 5) is 45.7. The van der Waals surface area contributed by atoms with E-state index < -0.39 is 0 Å². The Kier molecular flexibility index (Phi) is 10.1. The molecule has 2 aromatic carbocycles. The summed E-state index contributed by atoms with van der Waals surface area (Å²) in [7, 11) is 0. The zero-order valence-electron chi connectivity index (χ0n) is 36.3. The summed E-state index contributed by atoms with van der Waals surface area (Å²) in [5, 5.41) is 0. The van der Waals surface area contributed by atoms with Crippen LogP contribution in [-0.2, 0) is 22.4 Å². The van der Waals surface area contributed by atoms with Gasteiger partial charge in [-0.25, -0.2) is 9.97 Å². The third-order valence-electron chi connectivity index (χ3n) is 13.9. The summed E-state index contributed by atoms with van der Waals surface area (Å²) in [6, 6.07) is 21.9. The Balaban J connectivity index is 1.40. The van der Waals surface area contributed by atoms with Gasteiger partial charge in [0.15, 0.2) is 11.6 Å². The van der Waals surface area contributed by atoms with Crippen LogP contribution in [0.3, 0.4) is 0 Å². The average Bonchev–Trinajstić information content (AvgIpc) is 3.88. The Bertz CT molecular complexity index is 2870. The summed E-state index contributed by atoms with van der Waals surface area (Å²) >= 11 is 0. The molecule has 6 nitrogen and oxygen atoms in total. The van der Waals surface area contributed by atoms with Crippen LogP contribution in [0.1, 0.15) is 122 Å². The van der Waals surface area contributed by atoms with Crippen molar-refractivity contribution in [2.45, 2.75) is 107 Å². The Morgan fingerprint density at radius 2 is 0.867 bits per heavy atom. The number of carbonyl (C=O) groups is 2. The molecule has 60 heavy (non-hydrogen) atoms. The maximum atomic E-state index is 13.4. The maximum Gasteiger partial charge on any atom is 0.182 e. The van der Waals surface area contributed by atoms with E-state index in [1.165, 1.54) is 38.9 Å². The lowest BCUT2D eigenvalue weighted by atomic mass is 9.88. The highest BCUT2D eigenvalue weighted by Crippen LogP contribution is 2.44. The van der Waals surface area contributed by atoms with Crippen LogP contribution < -0.4 is 0 Å². The third kappa shape index (κ3) is 6.67. The van der Waals surface area contributed by atoms with Crippen LogP contribution in [0.2, 0.25) is 0 Å². The van der Waals surface area contributed by atoms with Crippen molar-refractivity contribution in [3.8, 4) is 22.3 Å². The molecule has 1 aliphatic carbocycles. The normalized spacial score (nSPS) is 16.3. The van der Waals surface area contributed by atoms with Gasteiger partial charge < -0.3 is 9.97 Å². The molecule has 0 radical (unpaired) electrons. The number of nitrogens with one attached hydrogen (secondary N) is 2. The number of ketones is 2. The number of H-pyrrole nitrogens is 2. The topological polar surface area (TPSA) is 91.5 Å². The van der Waals surface area contributed by atoms with Crippen molar-refractivity contribution in [3.63, 3.8) is 0 Å². The van der Waals surface area contributed by atoms with E-state index in [4.69, 9.17) is 9.97 Å². The summed E-state index contributed by atoms with van der Waals surface area (Å²) in [5.74, 6) is -0.0363. The monoisotopic (exact) mass is 790 g/mol. The molecule has 0 spiro atoms. The van der Waals surface area contributed by atoms with Crippen molar-refractivity contribution in [1.29, 1.82) is 0 Å². The Morgan fingerprint density at radius 3 is 1.32 bits per heavy atom. The molecule has 5 aromatic rings. The molecular weight excluding hydrogens is 737 g/mol. The molecule has 0 atom stereocenters. The van der Waals surface area contributed by atoms with E-state index in [1.807, 2.05) is 0 Å². The first-order chi connectivity index (χ1) is 28.9. The molecule has 0 fully saturated rings. The molecule has 3 aromatic heterocycles. The van der Waals surface area contributed by atoms with Crippen LogP contribution in [0.25, 0.3) is 66.6 Å². The highest BCUT2D eigenvalue weighted by Gasteiger charge is 2.27. The molecule has 9 heterocycles. The van der Waals surface area contributed by atoms with Crippen LogP contribution in [-0.4, -0.2) is 31.5 Å². The van der Waals surface area contributed by atoms with E-state index in [0.29, 0.717) is 24.0 Å². The summed E-state index contributed by atoms with van der Waals surface area (Å²) in [6.45, 7) is 17.7. The SMILES string of the molecule is CC1=C(C)c2nc1cc1[nH]c(c(C)c1C)c1c3[nH]c(cc4nc(c2-c2ccccc2CCCCC2=CC(=O)C(=CC2=O)CCCCc2ccccc2-1)C(C)=C4C)c(C)c3C. The minimum absolute atomic E-state index is 0.0175. The fourth-order valence-electron chi connectivity index (χ4n) is 9.59. The number of hydrogen-bond donors (Lipinski definition) is 2. The summed E-state index contributed by atoms with van der Waals surface area (Å²) < 4.78 is 0. The minimum Gasteiger partial charge on any atom is -0.354 e. The van der Waals surface area contributed by atoms with E-state index in [1.54, 1.807) is 12.2 Å². The molecule has 0 saturated heterocycles. The third-order valence-corrected chi connectivity index (χ3v) is 13.9. The van der Waals surface area contributed by atoms with Crippen molar-refractivity contribution >= 4 is 55.9 Å². The number of carbonyl (C=O) groups excluding carboxylic acids is 2. The molecule has 12 rings (SSSR count). The van der Waals surface area contributed by atoms with Crippen molar-refractivity contribution in [2.75, 3.05) is 0 Å². The molecule has 6 heteroatoms. The van der Waals surface area contributed by atoms with Gasteiger partial charge in [0, 0.05) is 33.3 Å². The summed E-state index contributed by atoms with van der Waals surface area (Å²) in [5.41, 5.74) is 25.6. The van der Waals surface area contributed by atoms with Gasteiger partial charge >= 0.3 is 0 Å². The lowest BCUT2D eigenvalue weighted by Crippen LogP contribution is -2.13. The lowest BCUT2D eigenvalue weighted by molar-refractivity contribution is -0.115. The van der Waals surface area contributed by atoms with Gasteiger partial charge in [0.2, 0.25) is 0 Å². The largest absolute Gasteiger partial charge is 0.354 e. The van der Waals surface area contributed by atoms with Gasteiger partial charge in [-0.05, 0) is 198 Å². The molecule has 6 aliphatic heterocycles. The number of allylic oxidation sites excluding steroid dienone is 8. The maximum absolute atomic E-state index is 13.4. The predicted octanol–water partition coefficient (Wildman–Crippen LogP) is 13.2. The van der Waals surface area contributed by atoms with E-state index in [-0.39, 0.29) is 11.6 Å². The summed E-state index contributed by atoms with van der Waals surface area (Å²) in [6.07, 6.45) is 9.45. The zero-order valence-corrected chi connectivity index (χ0v) is 36.3. The van der Waals surface area contributed by atoms with E-state index in [0.717, 1.165) is 122 Å². The molecule has 2 N–H and O–H groups in total. The predicted molar refractivity (Wildman–Crippen MR) is 248 cm³/mol. The van der Waals surface area contributed by atoms with Crippen LogP contribution in [0.15, 0.2) is 84.0 Å². The van der Waals surface area contributed by atoms with Gasteiger partial charge in [-0.2, -0.15) is 0 Å². The minimum atomic E-state index is -0.0188. The molecule has 302 valence electrons. The first kappa shape index (κ1) is 39.3. The highest BCUT2D eigenvalue weighted by molar-refractivity contribution is 6.20. The first-order valence-corrected chi connectivity index (χ1v) is 21.7. The second kappa shape index (κ2) is 15.5. The van der Waals surface area contributed by atoms with E-state index in [9.17, 15) is 9.59 Å². The molecular formula is C54H54N4O2. The lowest BCUT2D eigenvalue weighted by Gasteiger charge is -2.15. The van der Waals surface area contributed by atoms with Crippen molar-refractivity contribution in [3.05, 3.63) is 140 Å². The molecule has 0 unspecified atom stereocenters. The number of aryl methyl sites for hydroxylation is 6. The fraction of sp³-hybridized carbons (Fsp3) is 0.296. The second-order valence-electron chi connectivity index (χ2n) is 17.4. The zero-order chi connectivity index (χ0) is 42.0. The molecule has 0 saturated carbocycles. The Labute approximate surface area is 353 Å². The molecule has 12 bridgehead atoms. The second-order valence-corrected chi connectivity index (χ2v) is 17.4. The van der Waals surface area contributed by atoms with E-state index >= 15 is 0 Å². The van der Waals surface area contributed by atoms with Gasteiger partial charge in [0.1, 0.15) is 0 Å². The number of nitrogens with zero attached hydrogens (tertiary/aromatic N) is 2. The van der Waals surface area contributed by atoms with Gasteiger partial charge in [-0.3, -0.25) is 9.59 Å². The molecule has 7 aliphatic rings. The molecule has 0 amide bonds. The van der Waals surface area contributed by atoms with Gasteiger partial charge in [-0.1, -0.05) is 48.5 Å². The highest BCUT2D eigenvalue weighted by atomic mass is 16.1. The Hall–Kier alpha value is -6.14. The first-order valence-electron chi connectivity index (χ1n) is 21.7. The van der Waals surface area contributed by atoms with Crippen LogP contribution >= 0.6 is 0 Å². The quantitative estimate of drug-likeness (QED) is 0.153. The van der Waals surface area contributed by atoms with Gasteiger partial charge in [0.25, 0.3) is 0 Å². The van der Waals surface area contributed by atoms with Crippen LogP contribution in [0, 0.1) is 27.7 Å². The smallest absolute Gasteiger partial charge is 0.182 e. The van der Waals surface area contributed by atoms with Crippen molar-refractivity contribution in [2.24, 2.45) is 0 Å². The number of aromatic amines is 2. The van der Waals surface area contributed by atoms with Gasteiger partial charge in [-0.15, -0.1) is 0 Å². The number of aromatic nitrogens is 4.